The van der Waals surface area contributed by atoms with Crippen LogP contribution < -0.4 is 0 Å². The molecule has 0 unspecified atom stereocenters. The minimum absolute atomic E-state index is 1.05. The van der Waals surface area contributed by atoms with Gasteiger partial charge in [-0.05, 0) is 153 Å². The summed E-state index contributed by atoms with van der Waals surface area (Å²) in [5.74, 6) is 0. The van der Waals surface area contributed by atoms with Crippen molar-refractivity contribution in [2.75, 3.05) is 0 Å². The van der Waals surface area contributed by atoms with Crippen LogP contribution in [0, 0.1) is 0 Å². The molecule has 0 amide bonds. The zero-order valence-electron chi connectivity index (χ0n) is 72.6. The average molecular weight is 1670 g/mol. The molecule has 8 rings (SSSR count). The normalized spacial score (nSPS) is 11.9. The first kappa shape index (κ1) is 94.9. The maximum atomic E-state index is 6.12. The number of rotatable bonds is 73. The molecule has 0 saturated carbocycles. The molecule has 0 bridgehead atoms. The molecule has 0 atom stereocenters. The highest BCUT2D eigenvalue weighted by Crippen LogP contribution is 2.52. The second kappa shape index (κ2) is 60.9. The fourth-order valence-electron chi connectivity index (χ4n) is 16.9. The van der Waals surface area contributed by atoms with Crippen molar-refractivity contribution in [1.29, 1.82) is 0 Å². The molecule has 0 aliphatic heterocycles. The molecule has 0 aliphatic carbocycles. The van der Waals surface area contributed by atoms with Crippen LogP contribution in [-0.2, 0) is 38.5 Å². The molecule has 0 spiro atoms. The maximum Gasteiger partial charge on any atom is 0.134 e. The van der Waals surface area contributed by atoms with Crippen LogP contribution in [-0.4, -0.2) is 9.97 Å². The molecule has 8 aromatic heterocycles. The van der Waals surface area contributed by atoms with Crippen molar-refractivity contribution in [1.82, 2.24) is 9.97 Å². The fourth-order valence-corrected chi connectivity index (χ4v) is 26.3. The molecule has 0 radical (unpaired) electrons. The minimum atomic E-state index is 1.05. The number of hydrogen-bond acceptors (Lipinski definition) is 10. The predicted octanol–water partition coefficient (Wildman–Crippen LogP) is 39.4. The lowest BCUT2D eigenvalue weighted by Gasteiger charge is -2.05. The molecule has 626 valence electrons. The number of hydrogen-bond donors (Lipinski definition) is 0. The molecule has 0 aliphatic rings. The lowest BCUT2D eigenvalue weighted by atomic mass is 10.0. The van der Waals surface area contributed by atoms with Gasteiger partial charge in [-0.15, -0.1) is 90.7 Å². The second-order valence-corrected chi connectivity index (χ2v) is 42.1. The molecule has 0 aromatic carbocycles. The number of thiazole rings is 2. The van der Waals surface area contributed by atoms with Crippen LogP contribution in [0.15, 0.2) is 59.3 Å². The van der Waals surface area contributed by atoms with Crippen molar-refractivity contribution in [3.05, 3.63) is 92.9 Å². The van der Waals surface area contributed by atoms with Crippen molar-refractivity contribution >= 4 is 90.7 Å². The Balaban J connectivity index is 1.17. The van der Waals surface area contributed by atoms with Gasteiger partial charge in [-0.3, -0.25) is 0 Å². The Bertz CT molecular complexity index is 3550. The highest BCUT2D eigenvalue weighted by atomic mass is 32.1. The van der Waals surface area contributed by atoms with E-state index in [2.05, 4.69) is 158 Å². The van der Waals surface area contributed by atoms with Crippen LogP contribution in [0.5, 0.6) is 0 Å². The average Bonchev–Trinajstić information content (AvgIpc) is 1.63. The van der Waals surface area contributed by atoms with E-state index in [4.69, 9.17) is 9.97 Å². The maximum absolute atomic E-state index is 6.12. The topological polar surface area (TPSA) is 25.8 Å². The molecule has 8 aromatic rings. The van der Waals surface area contributed by atoms with Crippen molar-refractivity contribution in [3.63, 3.8) is 0 Å². The minimum Gasteiger partial charge on any atom is -0.240 e. The van der Waals surface area contributed by atoms with Crippen LogP contribution >= 0.6 is 90.7 Å². The molecule has 10 heteroatoms. The molecule has 0 saturated heterocycles. The van der Waals surface area contributed by atoms with Gasteiger partial charge in [0.25, 0.3) is 0 Å². The molecule has 0 N–H and O–H groups in total. The number of aryl methyl sites for hydroxylation is 6. The van der Waals surface area contributed by atoms with Crippen LogP contribution in [0.25, 0.3) is 68.5 Å². The monoisotopic (exact) mass is 1670 g/mol. The first-order valence-electron chi connectivity index (χ1n) is 48.1. The summed E-state index contributed by atoms with van der Waals surface area (Å²) < 4.78 is 0. The summed E-state index contributed by atoms with van der Waals surface area (Å²) in [6.07, 6.45) is 88.8. The predicted molar refractivity (Wildman–Crippen MR) is 516 cm³/mol. The van der Waals surface area contributed by atoms with Crippen LogP contribution in [0.4, 0.5) is 0 Å². The largest absolute Gasteiger partial charge is 0.240 e. The first-order chi connectivity index (χ1) is 55.5. The molecule has 2 nitrogen and oxygen atoms in total. The van der Waals surface area contributed by atoms with Gasteiger partial charge in [0.2, 0.25) is 0 Å². The Kier molecular flexibility index (Phi) is 51.6. The van der Waals surface area contributed by atoms with Crippen LogP contribution in [0.2, 0.25) is 0 Å². The van der Waals surface area contributed by atoms with Gasteiger partial charge in [-0.2, -0.15) is 0 Å². The first-order valence-corrected chi connectivity index (χ1v) is 54.7. The van der Waals surface area contributed by atoms with Crippen LogP contribution in [0.3, 0.4) is 0 Å². The smallest absolute Gasteiger partial charge is 0.134 e. The third-order valence-electron chi connectivity index (χ3n) is 24.0. The third kappa shape index (κ3) is 36.2. The van der Waals surface area contributed by atoms with E-state index in [0.29, 0.717) is 0 Å². The summed E-state index contributed by atoms with van der Waals surface area (Å²) in [5.41, 5.74) is 9.01. The number of unbranched alkanes of at least 4 members (excludes halogenated alkanes) is 54. The Labute approximate surface area is 721 Å². The summed E-state index contributed by atoms with van der Waals surface area (Å²) in [4.78, 5) is 29.8. The number of nitrogens with zero attached hydrogens (tertiary/aromatic N) is 2. The molecular formula is C102H160N2S8. The van der Waals surface area contributed by atoms with E-state index in [1.54, 1.807) is 22.3 Å². The van der Waals surface area contributed by atoms with Gasteiger partial charge in [-0.25, -0.2) is 9.97 Å². The molecule has 8 heterocycles. The van der Waals surface area contributed by atoms with Crippen molar-refractivity contribution < 1.29 is 0 Å². The van der Waals surface area contributed by atoms with Gasteiger partial charge in [0, 0.05) is 39.0 Å². The SMILES string of the molecule is CCCCCCCCCCCCc1ccsc1-c1cc(CCCCCCCCCCCC)c(-c2nc(CCCCCCCCCCCC)c(-c3sc(-c4sc(-c5sc(-c6ccc(-c7cccs7)s6)cc5CCCCCCCCCCCC)cc4CCCCCCCCCCCC)nc3CCCCCCCCCCCC)s2)s1. The summed E-state index contributed by atoms with van der Waals surface area (Å²) in [5, 5.41) is 7.22. The van der Waals surface area contributed by atoms with Crippen molar-refractivity contribution in [3.8, 4) is 68.5 Å². The second-order valence-electron chi connectivity index (χ2n) is 34.0. The zero-order chi connectivity index (χ0) is 78.4. The van der Waals surface area contributed by atoms with Crippen LogP contribution in [0.1, 0.15) is 460 Å². The van der Waals surface area contributed by atoms with Gasteiger partial charge < -0.3 is 0 Å². The molecule has 112 heavy (non-hydrogen) atoms. The van der Waals surface area contributed by atoms with E-state index in [1.807, 2.05) is 34.0 Å². The van der Waals surface area contributed by atoms with Gasteiger partial charge in [-0.1, -0.05) is 394 Å². The Morgan fingerprint density at radius 2 is 0.473 bits per heavy atom. The fraction of sp³-hybridized carbons (Fsp3) is 0.706. The standard InChI is InChI=1S/C102H160N2S8/c1-7-13-19-25-31-37-43-49-55-61-68-83-77-79-106-95(83)93-81-85(70-63-57-51-45-39-33-27-21-15-9-3)97(109-93)101-103-87(72-65-59-53-47-41-35-29-23-17-11-5)99(111-101)100-88(73-66-60-54-48-42-36-30-24-18-12-6)104-102(112-100)98-86(71-64-58-52-46-40-34-28-22-16-10-4)82-94(110-98)96-84(69-62-56-50-44-38-32-26-20-14-8-2)80-92(108-96)91-76-75-90(107-91)89-74-67-78-105-89/h67,74-82H,7-66,68-73H2,1-6H3. The summed E-state index contributed by atoms with van der Waals surface area (Å²) in [7, 11) is 0. The zero-order valence-corrected chi connectivity index (χ0v) is 79.1. The Morgan fingerprint density at radius 3 is 0.804 bits per heavy atom. The Morgan fingerprint density at radius 1 is 0.196 bits per heavy atom. The lowest BCUT2D eigenvalue weighted by Crippen LogP contribution is -1.93. The van der Waals surface area contributed by atoms with E-state index in [9.17, 15) is 0 Å². The summed E-state index contributed by atoms with van der Waals surface area (Å²) in [6.45, 7) is 14.1. The highest BCUT2D eigenvalue weighted by Gasteiger charge is 2.28. The molecule has 0 fully saturated rings. The van der Waals surface area contributed by atoms with Gasteiger partial charge in [0.15, 0.2) is 0 Å². The van der Waals surface area contributed by atoms with Crippen molar-refractivity contribution in [2.24, 2.45) is 0 Å². The van der Waals surface area contributed by atoms with E-state index in [-0.39, 0.29) is 0 Å². The van der Waals surface area contributed by atoms with Crippen molar-refractivity contribution in [2.45, 2.75) is 465 Å². The van der Waals surface area contributed by atoms with Gasteiger partial charge in [0.1, 0.15) is 10.0 Å². The van der Waals surface area contributed by atoms with E-state index >= 15 is 0 Å². The summed E-state index contributed by atoms with van der Waals surface area (Å²) >= 11 is 16.3. The third-order valence-corrected chi connectivity index (χ3v) is 33.8. The quantitative estimate of drug-likeness (QED) is 0.0355. The van der Waals surface area contributed by atoms with E-state index in [1.165, 1.54) is 472 Å². The van der Waals surface area contributed by atoms with Gasteiger partial charge >= 0.3 is 0 Å². The molecular weight excluding hydrogens is 1510 g/mol. The number of aromatic nitrogens is 2. The van der Waals surface area contributed by atoms with Gasteiger partial charge in [0.05, 0.1) is 30.9 Å². The highest BCUT2D eigenvalue weighted by molar-refractivity contribution is 7.31. The lowest BCUT2D eigenvalue weighted by molar-refractivity contribution is 0.555. The van der Waals surface area contributed by atoms with E-state index < -0.39 is 0 Å². The summed E-state index contributed by atoms with van der Waals surface area (Å²) in [6, 6.07) is 19.8. The van der Waals surface area contributed by atoms with E-state index in [0.717, 1.165) is 32.1 Å². The Hall–Kier alpha value is -2.54. The number of thiophene rings is 6.